The number of anilines is 2. The number of sulfonamides is 1. The highest BCUT2D eigenvalue weighted by atomic mass is 32.2. The van der Waals surface area contributed by atoms with Crippen LogP contribution in [0.2, 0.25) is 0 Å². The van der Waals surface area contributed by atoms with Gasteiger partial charge < -0.3 is 5.73 Å². The molecule has 0 bridgehead atoms. The van der Waals surface area contributed by atoms with Crippen LogP contribution >= 0.6 is 0 Å². The third-order valence-electron chi connectivity index (χ3n) is 3.30. The molecule has 0 aromatic heterocycles. The minimum Gasteiger partial charge on any atom is -0.399 e. The second kappa shape index (κ2) is 5.73. The van der Waals surface area contributed by atoms with Gasteiger partial charge in [0.25, 0.3) is 10.0 Å². The Hall–Kier alpha value is -2.08. The molecule has 2 rings (SSSR count). The Morgan fingerprint density at radius 3 is 2.33 bits per heavy atom. The van der Waals surface area contributed by atoms with Crippen LogP contribution in [0.1, 0.15) is 12.5 Å². The van der Waals surface area contributed by atoms with Crippen molar-refractivity contribution in [3.63, 3.8) is 0 Å². The summed E-state index contributed by atoms with van der Waals surface area (Å²) in [6, 6.07) is 10.6. The molecule has 0 aliphatic rings. The number of hydrogen-bond acceptors (Lipinski definition) is 3. The first kappa shape index (κ1) is 15.3. The maximum atomic E-state index is 13.8. The summed E-state index contributed by atoms with van der Waals surface area (Å²) >= 11 is 0. The van der Waals surface area contributed by atoms with Gasteiger partial charge in [0.15, 0.2) is 0 Å². The van der Waals surface area contributed by atoms with Gasteiger partial charge in [0.05, 0.1) is 5.69 Å². The summed E-state index contributed by atoms with van der Waals surface area (Å²) in [7, 11) is -2.60. The van der Waals surface area contributed by atoms with E-state index in [0.29, 0.717) is 5.69 Å². The van der Waals surface area contributed by atoms with Crippen molar-refractivity contribution in [2.45, 2.75) is 18.2 Å². The van der Waals surface area contributed by atoms with Gasteiger partial charge in [-0.3, -0.25) is 4.31 Å². The smallest absolute Gasteiger partial charge is 0.267 e. The zero-order valence-corrected chi connectivity index (χ0v) is 12.7. The molecule has 2 aromatic carbocycles. The van der Waals surface area contributed by atoms with E-state index in [-0.39, 0.29) is 5.69 Å². The van der Waals surface area contributed by atoms with E-state index in [1.165, 1.54) is 13.1 Å². The van der Waals surface area contributed by atoms with Gasteiger partial charge in [-0.25, -0.2) is 12.8 Å². The molecule has 0 heterocycles. The number of nitrogens with zero attached hydrogens (tertiary/aromatic N) is 1. The fourth-order valence-corrected chi connectivity index (χ4v) is 3.24. The highest BCUT2D eigenvalue weighted by Crippen LogP contribution is 2.25. The van der Waals surface area contributed by atoms with E-state index in [9.17, 15) is 12.8 Å². The van der Waals surface area contributed by atoms with Crippen LogP contribution in [0.3, 0.4) is 0 Å². The SMILES string of the molecule is CCc1ccc(N(C)S(=O)(=O)c2cc(N)ccc2F)cc1. The van der Waals surface area contributed by atoms with Crippen molar-refractivity contribution in [3.05, 3.63) is 53.8 Å². The first-order valence-corrected chi connectivity index (χ1v) is 7.93. The molecule has 0 atom stereocenters. The molecule has 21 heavy (non-hydrogen) atoms. The van der Waals surface area contributed by atoms with Crippen molar-refractivity contribution in [2.75, 3.05) is 17.1 Å². The van der Waals surface area contributed by atoms with E-state index in [0.717, 1.165) is 28.4 Å². The van der Waals surface area contributed by atoms with Crippen molar-refractivity contribution in [3.8, 4) is 0 Å². The Bertz CT molecular complexity index is 743. The molecule has 0 saturated carbocycles. The number of nitrogens with two attached hydrogens (primary N) is 1. The standard InChI is InChI=1S/C15H17FN2O2S/c1-3-11-4-7-13(8-5-11)18(2)21(19,20)15-10-12(17)6-9-14(15)16/h4-10H,3,17H2,1-2H3. The molecule has 2 N–H and O–H groups in total. The van der Waals surface area contributed by atoms with Crippen molar-refractivity contribution < 1.29 is 12.8 Å². The van der Waals surface area contributed by atoms with Gasteiger partial charge in [-0.15, -0.1) is 0 Å². The number of hydrogen-bond donors (Lipinski definition) is 1. The zero-order chi connectivity index (χ0) is 15.6. The maximum Gasteiger partial charge on any atom is 0.267 e. The minimum atomic E-state index is -3.99. The highest BCUT2D eigenvalue weighted by Gasteiger charge is 2.25. The van der Waals surface area contributed by atoms with E-state index in [4.69, 9.17) is 5.73 Å². The predicted molar refractivity (Wildman–Crippen MR) is 82.2 cm³/mol. The zero-order valence-electron chi connectivity index (χ0n) is 11.9. The van der Waals surface area contributed by atoms with E-state index in [1.807, 2.05) is 19.1 Å². The van der Waals surface area contributed by atoms with Crippen LogP contribution in [0.4, 0.5) is 15.8 Å². The number of aryl methyl sites for hydroxylation is 1. The highest BCUT2D eigenvalue weighted by molar-refractivity contribution is 7.92. The van der Waals surface area contributed by atoms with Gasteiger partial charge in [0.1, 0.15) is 10.7 Å². The molecule has 0 radical (unpaired) electrons. The largest absolute Gasteiger partial charge is 0.399 e. The fraction of sp³-hybridized carbons (Fsp3) is 0.200. The fourth-order valence-electron chi connectivity index (χ4n) is 1.95. The molecule has 0 fully saturated rings. The van der Waals surface area contributed by atoms with Crippen LogP contribution in [0.25, 0.3) is 0 Å². The number of halogens is 1. The monoisotopic (exact) mass is 308 g/mol. The van der Waals surface area contributed by atoms with E-state index in [2.05, 4.69) is 0 Å². The summed E-state index contributed by atoms with van der Waals surface area (Å²) in [5.74, 6) is -0.818. The molecule has 0 aliphatic carbocycles. The van der Waals surface area contributed by atoms with Crippen LogP contribution in [0, 0.1) is 5.82 Å². The second-order valence-corrected chi connectivity index (χ2v) is 6.62. The Morgan fingerprint density at radius 2 is 1.76 bits per heavy atom. The molecule has 0 aliphatic heterocycles. The number of benzene rings is 2. The van der Waals surface area contributed by atoms with Crippen molar-refractivity contribution in [2.24, 2.45) is 0 Å². The third-order valence-corrected chi connectivity index (χ3v) is 5.10. The number of nitrogen functional groups attached to an aromatic ring is 1. The summed E-state index contributed by atoms with van der Waals surface area (Å²) in [5, 5.41) is 0. The topological polar surface area (TPSA) is 63.4 Å². The lowest BCUT2D eigenvalue weighted by atomic mass is 10.1. The first-order valence-electron chi connectivity index (χ1n) is 6.49. The lowest BCUT2D eigenvalue weighted by Gasteiger charge is -2.20. The molecule has 2 aromatic rings. The molecule has 4 nitrogen and oxygen atoms in total. The van der Waals surface area contributed by atoms with E-state index in [1.54, 1.807) is 12.1 Å². The van der Waals surface area contributed by atoms with Crippen LogP contribution in [0.15, 0.2) is 47.4 Å². The summed E-state index contributed by atoms with van der Waals surface area (Å²) in [6.07, 6.45) is 0.862. The first-order chi connectivity index (χ1) is 9.86. The van der Waals surface area contributed by atoms with Gasteiger partial charge in [-0.05, 0) is 42.3 Å². The third kappa shape index (κ3) is 3.00. The Morgan fingerprint density at radius 1 is 1.14 bits per heavy atom. The molecular formula is C15H17FN2O2S. The van der Waals surface area contributed by atoms with Crippen LogP contribution in [-0.2, 0) is 16.4 Å². The van der Waals surface area contributed by atoms with Crippen molar-refractivity contribution in [1.29, 1.82) is 0 Å². The second-order valence-electron chi connectivity index (χ2n) is 4.68. The van der Waals surface area contributed by atoms with Crippen LogP contribution < -0.4 is 10.0 Å². The average molecular weight is 308 g/mol. The molecule has 0 unspecified atom stereocenters. The summed E-state index contributed by atoms with van der Waals surface area (Å²) < 4.78 is 39.8. The Balaban J connectivity index is 2.44. The van der Waals surface area contributed by atoms with Gasteiger partial charge in [-0.2, -0.15) is 0 Å². The lowest BCUT2D eigenvalue weighted by Crippen LogP contribution is -2.27. The summed E-state index contributed by atoms with van der Waals surface area (Å²) in [6.45, 7) is 2.01. The predicted octanol–water partition coefficient (Wildman–Crippen LogP) is 2.80. The lowest BCUT2D eigenvalue weighted by molar-refractivity contribution is 0.566. The molecule has 6 heteroatoms. The quantitative estimate of drug-likeness (QED) is 0.883. The van der Waals surface area contributed by atoms with Gasteiger partial charge in [0, 0.05) is 12.7 Å². The maximum absolute atomic E-state index is 13.8. The molecule has 0 saturated heterocycles. The average Bonchev–Trinajstić information content (AvgIpc) is 2.49. The molecule has 0 amide bonds. The Kier molecular flexibility index (Phi) is 4.18. The molecule has 0 spiro atoms. The van der Waals surface area contributed by atoms with E-state index < -0.39 is 20.7 Å². The number of rotatable bonds is 4. The summed E-state index contributed by atoms with van der Waals surface area (Å²) in [4.78, 5) is -0.426. The van der Waals surface area contributed by atoms with Crippen molar-refractivity contribution >= 4 is 21.4 Å². The molecular weight excluding hydrogens is 291 g/mol. The van der Waals surface area contributed by atoms with Gasteiger partial charge in [0.2, 0.25) is 0 Å². The Labute approximate surface area is 124 Å². The van der Waals surface area contributed by atoms with Crippen LogP contribution in [-0.4, -0.2) is 15.5 Å². The summed E-state index contributed by atoms with van der Waals surface area (Å²) in [5.41, 5.74) is 7.31. The van der Waals surface area contributed by atoms with E-state index >= 15 is 0 Å². The molecule has 112 valence electrons. The van der Waals surface area contributed by atoms with Crippen molar-refractivity contribution in [1.82, 2.24) is 0 Å². The van der Waals surface area contributed by atoms with Gasteiger partial charge in [-0.1, -0.05) is 19.1 Å². The van der Waals surface area contributed by atoms with Crippen LogP contribution in [0.5, 0.6) is 0 Å². The minimum absolute atomic E-state index is 0.199. The van der Waals surface area contributed by atoms with Gasteiger partial charge >= 0.3 is 0 Å². The normalized spacial score (nSPS) is 11.4.